The Labute approximate surface area is 104 Å². The van der Waals surface area contributed by atoms with Crippen LogP contribution in [-0.4, -0.2) is 6.04 Å². The maximum atomic E-state index is 8.73. The number of nitrogens with one attached hydrogen (secondary N) is 1. The number of rotatable bonds is 3. The molecular formula is C15H20N2. The van der Waals surface area contributed by atoms with Crippen molar-refractivity contribution in [2.24, 2.45) is 5.92 Å². The standard InChI is InChI=1S/C15H20N2/c1-12-4-2-3-5-15(12)17-11-14-8-6-13(10-16)7-9-14/h6-9,12,15,17H,2-5,11H2,1H3. The second-order valence-corrected chi connectivity index (χ2v) is 5.06. The molecule has 0 aromatic heterocycles. The molecule has 0 saturated heterocycles. The topological polar surface area (TPSA) is 35.8 Å². The first kappa shape index (κ1) is 12.1. The van der Waals surface area contributed by atoms with Gasteiger partial charge in [0.1, 0.15) is 0 Å². The van der Waals surface area contributed by atoms with Crippen LogP contribution in [0.5, 0.6) is 0 Å². The molecule has 2 nitrogen and oxygen atoms in total. The molecule has 1 aliphatic rings. The van der Waals surface area contributed by atoms with Crippen LogP contribution < -0.4 is 5.32 Å². The first-order valence-corrected chi connectivity index (χ1v) is 6.52. The summed E-state index contributed by atoms with van der Waals surface area (Å²) in [5.74, 6) is 0.794. The lowest BCUT2D eigenvalue weighted by Crippen LogP contribution is -2.36. The summed E-state index contributed by atoms with van der Waals surface area (Å²) in [6.07, 6.45) is 5.40. The van der Waals surface area contributed by atoms with Crippen molar-refractivity contribution in [1.82, 2.24) is 5.32 Å². The molecule has 0 aliphatic heterocycles. The molecule has 1 N–H and O–H groups in total. The van der Waals surface area contributed by atoms with Crippen molar-refractivity contribution in [3.8, 4) is 6.07 Å². The van der Waals surface area contributed by atoms with Gasteiger partial charge in [0.05, 0.1) is 11.6 Å². The van der Waals surface area contributed by atoms with Gasteiger partial charge in [-0.2, -0.15) is 5.26 Å². The van der Waals surface area contributed by atoms with E-state index in [1.165, 1.54) is 31.2 Å². The molecule has 1 aromatic carbocycles. The van der Waals surface area contributed by atoms with Crippen LogP contribution in [-0.2, 0) is 6.54 Å². The molecule has 2 rings (SSSR count). The fourth-order valence-corrected chi connectivity index (χ4v) is 2.57. The third-order valence-corrected chi connectivity index (χ3v) is 3.76. The van der Waals surface area contributed by atoms with Gasteiger partial charge in [-0.25, -0.2) is 0 Å². The zero-order valence-corrected chi connectivity index (χ0v) is 10.4. The molecule has 1 saturated carbocycles. The molecule has 0 amide bonds. The summed E-state index contributed by atoms with van der Waals surface area (Å²) in [6, 6.07) is 10.7. The molecule has 17 heavy (non-hydrogen) atoms. The lowest BCUT2D eigenvalue weighted by molar-refractivity contribution is 0.279. The van der Waals surface area contributed by atoms with Crippen LogP contribution in [0.2, 0.25) is 0 Å². The van der Waals surface area contributed by atoms with Gasteiger partial charge in [0.25, 0.3) is 0 Å². The summed E-state index contributed by atoms with van der Waals surface area (Å²) in [6.45, 7) is 3.26. The zero-order chi connectivity index (χ0) is 12.1. The predicted molar refractivity (Wildman–Crippen MR) is 69.4 cm³/mol. The van der Waals surface area contributed by atoms with Crippen molar-refractivity contribution in [3.63, 3.8) is 0 Å². The minimum absolute atomic E-state index is 0.666. The molecule has 0 bridgehead atoms. The van der Waals surface area contributed by atoms with Crippen LogP contribution in [0.15, 0.2) is 24.3 Å². The highest BCUT2D eigenvalue weighted by Crippen LogP contribution is 2.23. The van der Waals surface area contributed by atoms with Crippen LogP contribution in [0.25, 0.3) is 0 Å². The Morgan fingerprint density at radius 1 is 1.24 bits per heavy atom. The van der Waals surface area contributed by atoms with Crippen molar-refractivity contribution in [3.05, 3.63) is 35.4 Å². The van der Waals surface area contributed by atoms with E-state index in [-0.39, 0.29) is 0 Å². The molecular weight excluding hydrogens is 208 g/mol. The maximum absolute atomic E-state index is 8.73. The van der Waals surface area contributed by atoms with Gasteiger partial charge >= 0.3 is 0 Å². The minimum atomic E-state index is 0.666. The van der Waals surface area contributed by atoms with E-state index in [2.05, 4.69) is 18.3 Å². The Hall–Kier alpha value is -1.33. The highest BCUT2D eigenvalue weighted by atomic mass is 14.9. The summed E-state index contributed by atoms with van der Waals surface area (Å²) in [5, 5.41) is 12.4. The third kappa shape index (κ3) is 3.31. The summed E-state index contributed by atoms with van der Waals surface area (Å²) >= 11 is 0. The first-order chi connectivity index (χ1) is 8.29. The lowest BCUT2D eigenvalue weighted by Gasteiger charge is -2.29. The number of benzene rings is 1. The first-order valence-electron chi connectivity index (χ1n) is 6.52. The molecule has 1 aromatic rings. The quantitative estimate of drug-likeness (QED) is 0.862. The van der Waals surface area contributed by atoms with Crippen molar-refractivity contribution in [2.75, 3.05) is 0 Å². The largest absolute Gasteiger partial charge is 0.310 e. The van der Waals surface area contributed by atoms with E-state index in [0.29, 0.717) is 6.04 Å². The van der Waals surface area contributed by atoms with Crippen molar-refractivity contribution in [2.45, 2.75) is 45.2 Å². The molecule has 90 valence electrons. The lowest BCUT2D eigenvalue weighted by atomic mass is 9.86. The van der Waals surface area contributed by atoms with E-state index >= 15 is 0 Å². The van der Waals surface area contributed by atoms with E-state index < -0.39 is 0 Å². The number of hydrogen-bond acceptors (Lipinski definition) is 2. The highest BCUT2D eigenvalue weighted by molar-refractivity contribution is 5.31. The van der Waals surface area contributed by atoms with E-state index in [0.717, 1.165) is 18.0 Å². The monoisotopic (exact) mass is 228 g/mol. The summed E-state index contributed by atoms with van der Waals surface area (Å²) in [5.41, 5.74) is 2.00. The Morgan fingerprint density at radius 3 is 2.59 bits per heavy atom. The van der Waals surface area contributed by atoms with Gasteiger partial charge in [-0.1, -0.05) is 31.9 Å². The van der Waals surface area contributed by atoms with Gasteiger partial charge in [-0.15, -0.1) is 0 Å². The normalized spacial score (nSPS) is 24.2. The third-order valence-electron chi connectivity index (χ3n) is 3.76. The van der Waals surface area contributed by atoms with Crippen molar-refractivity contribution >= 4 is 0 Å². The average Bonchev–Trinajstić information content (AvgIpc) is 2.38. The molecule has 0 radical (unpaired) electrons. The average molecular weight is 228 g/mol. The van der Waals surface area contributed by atoms with Crippen LogP contribution in [0.1, 0.15) is 43.7 Å². The fraction of sp³-hybridized carbons (Fsp3) is 0.533. The number of nitrogens with zero attached hydrogens (tertiary/aromatic N) is 1. The summed E-state index contributed by atoms with van der Waals surface area (Å²) in [4.78, 5) is 0. The van der Waals surface area contributed by atoms with Crippen LogP contribution >= 0.6 is 0 Å². The minimum Gasteiger partial charge on any atom is -0.310 e. The van der Waals surface area contributed by atoms with E-state index in [4.69, 9.17) is 5.26 Å². The Morgan fingerprint density at radius 2 is 1.94 bits per heavy atom. The Kier molecular flexibility index (Phi) is 4.17. The molecule has 2 atom stereocenters. The number of hydrogen-bond donors (Lipinski definition) is 1. The highest BCUT2D eigenvalue weighted by Gasteiger charge is 2.20. The smallest absolute Gasteiger partial charge is 0.0991 e. The fourth-order valence-electron chi connectivity index (χ4n) is 2.57. The van der Waals surface area contributed by atoms with Gasteiger partial charge in [0.2, 0.25) is 0 Å². The van der Waals surface area contributed by atoms with Gasteiger partial charge in [-0.05, 0) is 36.5 Å². The van der Waals surface area contributed by atoms with Gasteiger partial charge in [0, 0.05) is 12.6 Å². The second-order valence-electron chi connectivity index (χ2n) is 5.06. The zero-order valence-electron chi connectivity index (χ0n) is 10.4. The van der Waals surface area contributed by atoms with Gasteiger partial charge in [0.15, 0.2) is 0 Å². The summed E-state index contributed by atoms with van der Waals surface area (Å²) in [7, 11) is 0. The van der Waals surface area contributed by atoms with Gasteiger partial charge in [-0.3, -0.25) is 0 Å². The molecule has 2 unspecified atom stereocenters. The molecule has 1 fully saturated rings. The Balaban J connectivity index is 1.86. The van der Waals surface area contributed by atoms with Gasteiger partial charge < -0.3 is 5.32 Å². The Bertz CT molecular complexity index is 388. The summed E-state index contributed by atoms with van der Waals surface area (Å²) < 4.78 is 0. The van der Waals surface area contributed by atoms with E-state index in [1.807, 2.05) is 24.3 Å². The second kappa shape index (κ2) is 5.84. The van der Waals surface area contributed by atoms with Crippen molar-refractivity contribution < 1.29 is 0 Å². The van der Waals surface area contributed by atoms with Crippen LogP contribution in [0.3, 0.4) is 0 Å². The molecule has 1 aliphatic carbocycles. The maximum Gasteiger partial charge on any atom is 0.0991 e. The molecule has 2 heteroatoms. The number of nitriles is 1. The van der Waals surface area contributed by atoms with Crippen LogP contribution in [0, 0.1) is 17.2 Å². The predicted octanol–water partition coefficient (Wildman–Crippen LogP) is 3.23. The van der Waals surface area contributed by atoms with E-state index in [1.54, 1.807) is 0 Å². The van der Waals surface area contributed by atoms with E-state index in [9.17, 15) is 0 Å². The van der Waals surface area contributed by atoms with Crippen LogP contribution in [0.4, 0.5) is 0 Å². The molecule has 0 heterocycles. The molecule has 0 spiro atoms. The van der Waals surface area contributed by atoms with Crippen molar-refractivity contribution in [1.29, 1.82) is 5.26 Å². The SMILES string of the molecule is CC1CCCCC1NCc1ccc(C#N)cc1.